The molecule has 0 saturated carbocycles. The fourth-order valence-electron chi connectivity index (χ4n) is 2.09. The number of hydrogen-bond donors (Lipinski definition) is 0. The minimum absolute atomic E-state index is 0.322. The molecule has 0 aromatic heterocycles. The van der Waals surface area contributed by atoms with E-state index in [0.717, 1.165) is 0 Å². The van der Waals surface area contributed by atoms with Crippen LogP contribution < -0.4 is 0 Å². The zero-order valence-corrected chi connectivity index (χ0v) is 10.8. The lowest BCUT2D eigenvalue weighted by Crippen LogP contribution is -2.66. The van der Waals surface area contributed by atoms with Crippen LogP contribution in [0.3, 0.4) is 0 Å². The summed E-state index contributed by atoms with van der Waals surface area (Å²) in [4.78, 5) is 12.1. The van der Waals surface area contributed by atoms with Crippen LogP contribution in [-0.4, -0.2) is 38.9 Å². The molecule has 3 atom stereocenters. The van der Waals surface area contributed by atoms with Gasteiger partial charge in [-0.3, -0.25) is 4.79 Å². The topological polar surface area (TPSA) is 38.8 Å². The van der Waals surface area contributed by atoms with Crippen LogP contribution in [0.15, 0.2) is 12.2 Å². The van der Waals surface area contributed by atoms with Gasteiger partial charge in [0.15, 0.2) is 5.60 Å². The van der Waals surface area contributed by atoms with Gasteiger partial charge in [0.05, 0.1) is 6.61 Å². The van der Waals surface area contributed by atoms with Crippen LogP contribution >= 0.6 is 46.4 Å². The third-order valence-corrected chi connectivity index (χ3v) is 4.80. The highest BCUT2D eigenvalue weighted by atomic mass is 35.5. The highest BCUT2D eigenvalue weighted by molar-refractivity contribution is 6.70. The maximum absolute atomic E-state index is 12.1. The average Bonchev–Trinajstić information content (AvgIpc) is 2.95. The van der Waals surface area contributed by atoms with Crippen molar-refractivity contribution < 1.29 is 14.3 Å². The van der Waals surface area contributed by atoms with Gasteiger partial charge in [0, 0.05) is 0 Å². The fraction of sp³-hybridized carbons (Fsp3) is 0.667. The van der Waals surface area contributed by atoms with Crippen molar-refractivity contribution in [2.24, 2.45) is 0 Å². The molecule has 3 nitrogen and oxygen atoms in total. The molecule has 0 aromatic rings. The van der Waals surface area contributed by atoms with Crippen LogP contribution in [0, 0.1) is 0 Å². The lowest BCUT2D eigenvalue weighted by atomic mass is 9.90. The van der Waals surface area contributed by atoms with Crippen LogP contribution in [0.2, 0.25) is 0 Å². The summed E-state index contributed by atoms with van der Waals surface area (Å²) in [5, 5.41) is 0. The first-order chi connectivity index (χ1) is 7.32. The molecular weight excluding hydrogens is 298 g/mol. The van der Waals surface area contributed by atoms with E-state index in [-0.39, 0.29) is 6.10 Å². The lowest BCUT2D eigenvalue weighted by Gasteiger charge is -2.45. The number of epoxide rings is 1. The Labute approximate surface area is 112 Å². The van der Waals surface area contributed by atoms with Gasteiger partial charge in [0.2, 0.25) is 14.4 Å². The Kier molecular flexibility index (Phi) is 2.23. The van der Waals surface area contributed by atoms with E-state index in [1.165, 1.54) is 0 Å². The second-order valence-corrected chi connectivity index (χ2v) is 6.75. The summed E-state index contributed by atoms with van der Waals surface area (Å²) in [6.07, 6.45) is 2.17. The molecule has 16 heavy (non-hydrogen) atoms. The summed E-state index contributed by atoms with van der Waals surface area (Å²) in [6.45, 7) is 0.448. The summed E-state index contributed by atoms with van der Waals surface area (Å²) in [5.74, 6) is -0.664. The molecule has 7 heteroatoms. The molecule has 88 valence electrons. The molecule has 0 amide bonds. The number of rotatable bonds is 1. The Hall–Kier alpha value is 0.490. The molecule has 2 bridgehead atoms. The minimum Gasteiger partial charge on any atom is -0.369 e. The number of ketones is 1. The molecule has 0 radical (unpaired) electrons. The van der Waals surface area contributed by atoms with Crippen molar-refractivity contribution in [1.29, 1.82) is 0 Å². The van der Waals surface area contributed by atoms with E-state index in [1.54, 1.807) is 12.2 Å². The van der Waals surface area contributed by atoms with Crippen molar-refractivity contribution in [2.45, 2.75) is 26.5 Å². The molecule has 0 N–H and O–H groups in total. The Morgan fingerprint density at radius 1 is 1.31 bits per heavy atom. The third-order valence-electron chi connectivity index (χ3n) is 3.09. The number of carbonyl (C=O) groups is 1. The van der Waals surface area contributed by atoms with Gasteiger partial charge < -0.3 is 9.47 Å². The molecular formula is C9H6Cl4O3. The largest absolute Gasteiger partial charge is 0.369 e. The van der Waals surface area contributed by atoms with Gasteiger partial charge in [-0.2, -0.15) is 0 Å². The molecule has 2 saturated heterocycles. The Morgan fingerprint density at radius 2 is 1.94 bits per heavy atom. The van der Waals surface area contributed by atoms with Gasteiger partial charge in [-0.15, -0.1) is 0 Å². The van der Waals surface area contributed by atoms with Crippen molar-refractivity contribution >= 4 is 52.2 Å². The Bertz CT molecular complexity index is 402. The fourth-order valence-corrected chi connectivity index (χ4v) is 3.56. The van der Waals surface area contributed by atoms with E-state index in [0.29, 0.717) is 6.61 Å². The molecule has 0 aromatic carbocycles. The zero-order valence-electron chi connectivity index (χ0n) is 7.75. The van der Waals surface area contributed by atoms with Gasteiger partial charge in [-0.1, -0.05) is 52.5 Å². The molecule has 3 unspecified atom stereocenters. The van der Waals surface area contributed by atoms with Crippen LogP contribution in [-0.2, 0) is 14.3 Å². The maximum Gasteiger partial charge on any atom is 0.213 e. The normalized spacial score (nSPS) is 47.1. The zero-order chi connectivity index (χ0) is 11.8. The number of carbonyl (C=O) groups excluding carboxylic acids is 1. The summed E-state index contributed by atoms with van der Waals surface area (Å²) in [7, 11) is 0. The SMILES string of the molecule is O=C1C(Cl)(Cl)C2C=CC(C3CO3)(O2)C1(Cl)Cl. The van der Waals surface area contributed by atoms with E-state index in [9.17, 15) is 4.79 Å². The molecule has 3 aliphatic heterocycles. The number of ether oxygens (including phenoxy) is 2. The summed E-state index contributed by atoms with van der Waals surface area (Å²) in [5.41, 5.74) is -1.16. The Balaban J connectivity index is 2.13. The third kappa shape index (κ3) is 1.17. The van der Waals surface area contributed by atoms with Crippen molar-refractivity contribution in [3.05, 3.63) is 12.2 Å². The summed E-state index contributed by atoms with van der Waals surface area (Å²) in [6, 6.07) is 0. The van der Waals surface area contributed by atoms with Crippen LogP contribution in [0.5, 0.6) is 0 Å². The Morgan fingerprint density at radius 3 is 2.50 bits per heavy atom. The minimum atomic E-state index is -1.83. The standard InChI is InChI=1S/C9H6Cl4O3/c10-8(11)4-1-2-7(16-4,5-3-15-5)9(12,13)6(8)14/h1-2,4-5H,3H2. The quantitative estimate of drug-likeness (QED) is 0.422. The number of alkyl halides is 4. The smallest absolute Gasteiger partial charge is 0.213 e. The second-order valence-electron chi connectivity index (χ2n) is 4.04. The average molecular weight is 304 g/mol. The molecule has 2 fully saturated rings. The molecule has 0 aliphatic carbocycles. The number of fused-ring (bicyclic) bond motifs is 2. The lowest BCUT2D eigenvalue weighted by molar-refractivity contribution is -0.143. The number of halogens is 4. The van der Waals surface area contributed by atoms with Gasteiger partial charge in [0.1, 0.15) is 12.2 Å². The molecule has 3 rings (SSSR count). The van der Waals surface area contributed by atoms with Crippen molar-refractivity contribution in [3.63, 3.8) is 0 Å². The van der Waals surface area contributed by atoms with Crippen molar-refractivity contribution in [2.75, 3.05) is 6.61 Å². The van der Waals surface area contributed by atoms with E-state index < -0.39 is 26.2 Å². The van der Waals surface area contributed by atoms with Gasteiger partial charge >= 0.3 is 0 Å². The maximum atomic E-state index is 12.1. The van der Waals surface area contributed by atoms with E-state index in [1.807, 2.05) is 0 Å². The highest BCUT2D eigenvalue weighted by Gasteiger charge is 2.74. The molecule has 3 heterocycles. The van der Waals surface area contributed by atoms with Crippen LogP contribution in [0.4, 0.5) is 0 Å². The van der Waals surface area contributed by atoms with E-state index in [4.69, 9.17) is 55.9 Å². The number of hydrogen-bond acceptors (Lipinski definition) is 3. The van der Waals surface area contributed by atoms with Crippen molar-refractivity contribution in [3.8, 4) is 0 Å². The van der Waals surface area contributed by atoms with E-state index in [2.05, 4.69) is 0 Å². The van der Waals surface area contributed by atoms with Crippen LogP contribution in [0.1, 0.15) is 0 Å². The first kappa shape index (κ1) is 11.6. The highest BCUT2D eigenvalue weighted by Crippen LogP contribution is 2.58. The van der Waals surface area contributed by atoms with Gasteiger partial charge in [-0.25, -0.2) is 0 Å². The van der Waals surface area contributed by atoms with E-state index >= 15 is 0 Å². The van der Waals surface area contributed by atoms with Gasteiger partial charge in [-0.05, 0) is 6.08 Å². The number of Topliss-reactive ketones (excluding diaryl/α,β-unsaturated/α-hetero) is 1. The first-order valence-corrected chi connectivity index (χ1v) is 6.13. The monoisotopic (exact) mass is 302 g/mol. The predicted molar refractivity (Wildman–Crippen MR) is 60.4 cm³/mol. The van der Waals surface area contributed by atoms with Crippen molar-refractivity contribution in [1.82, 2.24) is 0 Å². The second kappa shape index (κ2) is 3.08. The molecule has 3 aliphatic rings. The predicted octanol–water partition coefficient (Wildman–Crippen LogP) is 2.01. The van der Waals surface area contributed by atoms with Gasteiger partial charge in [0.25, 0.3) is 0 Å². The van der Waals surface area contributed by atoms with Crippen LogP contribution in [0.25, 0.3) is 0 Å². The molecule has 0 spiro atoms. The summed E-state index contributed by atoms with van der Waals surface area (Å²) >= 11 is 24.0. The first-order valence-electron chi connectivity index (χ1n) is 4.62. The summed E-state index contributed by atoms with van der Waals surface area (Å²) < 4.78 is 7.18.